The number of carboxylic acid groups (broad SMARTS) is 1. The molecule has 0 fully saturated rings. The molecule has 1 aromatic carbocycles. The van der Waals surface area contributed by atoms with Crippen LogP contribution in [0.3, 0.4) is 0 Å². The van der Waals surface area contributed by atoms with E-state index < -0.39 is 5.97 Å². The number of carbonyl (C=O) groups is 1. The summed E-state index contributed by atoms with van der Waals surface area (Å²) >= 11 is 0. The number of benzene rings is 1. The Hall–Kier alpha value is -1.51. The number of carboxylic acids is 1. The topological polar surface area (TPSA) is 46.5 Å². The van der Waals surface area contributed by atoms with E-state index in [2.05, 4.69) is 6.92 Å². The Kier molecular flexibility index (Phi) is 5.20. The molecule has 1 rings (SSSR count). The van der Waals surface area contributed by atoms with Gasteiger partial charge in [-0.3, -0.25) is 4.79 Å². The average Bonchev–Trinajstić information content (AvgIpc) is 2.28. The molecule has 0 heterocycles. The Morgan fingerprint density at radius 1 is 1.28 bits per heavy atom. The zero-order chi connectivity index (χ0) is 13.7. The number of ether oxygens (including phenoxy) is 1. The van der Waals surface area contributed by atoms with E-state index in [9.17, 15) is 4.79 Å². The maximum Gasteiger partial charge on any atom is 0.303 e. The molecule has 0 aliphatic carbocycles. The highest BCUT2D eigenvalue weighted by atomic mass is 16.5. The molecule has 0 radical (unpaired) electrons. The van der Waals surface area contributed by atoms with Crippen LogP contribution in [0.5, 0.6) is 5.75 Å². The highest BCUT2D eigenvalue weighted by Crippen LogP contribution is 2.20. The zero-order valence-electron chi connectivity index (χ0n) is 11.6. The Morgan fingerprint density at radius 3 is 2.44 bits per heavy atom. The summed E-state index contributed by atoms with van der Waals surface area (Å²) in [7, 11) is 0. The third-order valence-electron chi connectivity index (χ3n) is 3.32. The van der Waals surface area contributed by atoms with Crippen molar-refractivity contribution in [2.24, 2.45) is 11.8 Å². The van der Waals surface area contributed by atoms with Crippen LogP contribution in [0.2, 0.25) is 0 Å². The molecule has 1 atom stereocenters. The van der Waals surface area contributed by atoms with Gasteiger partial charge in [-0.25, -0.2) is 0 Å². The van der Waals surface area contributed by atoms with Crippen LogP contribution < -0.4 is 4.74 Å². The van der Waals surface area contributed by atoms with Gasteiger partial charge in [0.05, 0.1) is 13.0 Å². The summed E-state index contributed by atoms with van der Waals surface area (Å²) in [4.78, 5) is 10.8. The minimum Gasteiger partial charge on any atom is -0.493 e. The maximum absolute atomic E-state index is 10.8. The van der Waals surface area contributed by atoms with Gasteiger partial charge in [0.15, 0.2) is 0 Å². The normalized spacial score (nSPS) is 12.5. The summed E-state index contributed by atoms with van der Waals surface area (Å²) in [6, 6.07) is 5.94. The second kappa shape index (κ2) is 6.43. The van der Waals surface area contributed by atoms with Gasteiger partial charge in [-0.15, -0.1) is 0 Å². The van der Waals surface area contributed by atoms with Crippen LogP contribution in [0, 0.1) is 25.7 Å². The Balaban J connectivity index is 2.61. The van der Waals surface area contributed by atoms with Crippen molar-refractivity contribution in [2.45, 2.75) is 34.1 Å². The quantitative estimate of drug-likeness (QED) is 0.841. The lowest BCUT2D eigenvalue weighted by atomic mass is 9.93. The minimum absolute atomic E-state index is 0.0455. The van der Waals surface area contributed by atoms with Gasteiger partial charge in [0.2, 0.25) is 0 Å². The molecule has 1 unspecified atom stereocenters. The van der Waals surface area contributed by atoms with Crippen molar-refractivity contribution in [2.75, 3.05) is 6.61 Å². The maximum atomic E-state index is 10.8. The third kappa shape index (κ3) is 4.40. The first kappa shape index (κ1) is 14.6. The summed E-state index contributed by atoms with van der Waals surface area (Å²) in [6.07, 6.45) is 0.155. The third-order valence-corrected chi connectivity index (χ3v) is 3.32. The highest BCUT2D eigenvalue weighted by Gasteiger charge is 2.18. The molecular weight excluding hydrogens is 228 g/mol. The molecule has 0 aliphatic rings. The molecule has 0 spiro atoms. The molecule has 0 bridgehead atoms. The van der Waals surface area contributed by atoms with Crippen molar-refractivity contribution in [3.8, 4) is 5.75 Å². The Bertz CT molecular complexity index is 410. The van der Waals surface area contributed by atoms with Crippen LogP contribution in [0.1, 0.15) is 31.4 Å². The van der Waals surface area contributed by atoms with Crippen molar-refractivity contribution in [3.63, 3.8) is 0 Å². The Morgan fingerprint density at radius 2 is 1.94 bits per heavy atom. The summed E-state index contributed by atoms with van der Waals surface area (Å²) in [5.74, 6) is 0.392. The van der Waals surface area contributed by atoms with E-state index in [0.717, 1.165) is 5.75 Å². The number of rotatable bonds is 6. The van der Waals surface area contributed by atoms with Crippen molar-refractivity contribution in [1.29, 1.82) is 0 Å². The van der Waals surface area contributed by atoms with Crippen molar-refractivity contribution in [1.82, 2.24) is 0 Å². The van der Waals surface area contributed by atoms with E-state index in [4.69, 9.17) is 9.84 Å². The molecule has 0 saturated heterocycles. The zero-order valence-corrected chi connectivity index (χ0v) is 11.6. The van der Waals surface area contributed by atoms with Gasteiger partial charge >= 0.3 is 5.97 Å². The largest absolute Gasteiger partial charge is 0.493 e. The van der Waals surface area contributed by atoms with Crippen LogP contribution in [-0.4, -0.2) is 17.7 Å². The fourth-order valence-corrected chi connectivity index (χ4v) is 1.72. The number of hydrogen-bond donors (Lipinski definition) is 1. The highest BCUT2D eigenvalue weighted by molar-refractivity contribution is 5.67. The summed E-state index contributed by atoms with van der Waals surface area (Å²) < 4.78 is 5.70. The van der Waals surface area contributed by atoms with E-state index in [0.29, 0.717) is 12.5 Å². The molecule has 1 N–H and O–H groups in total. The van der Waals surface area contributed by atoms with Gasteiger partial charge in [0, 0.05) is 5.92 Å². The van der Waals surface area contributed by atoms with Crippen LogP contribution in [0.15, 0.2) is 18.2 Å². The van der Waals surface area contributed by atoms with Crippen LogP contribution in [0.25, 0.3) is 0 Å². The molecule has 0 amide bonds. The Labute approximate surface area is 109 Å². The van der Waals surface area contributed by atoms with Crippen molar-refractivity contribution < 1.29 is 14.6 Å². The molecule has 3 heteroatoms. The summed E-state index contributed by atoms with van der Waals surface area (Å²) in [5.41, 5.74) is 2.42. The van der Waals surface area contributed by atoms with Crippen LogP contribution in [0.4, 0.5) is 0 Å². The molecule has 0 saturated carbocycles. The van der Waals surface area contributed by atoms with Crippen LogP contribution >= 0.6 is 0 Å². The monoisotopic (exact) mass is 250 g/mol. The first-order valence-corrected chi connectivity index (χ1v) is 6.32. The van der Waals surface area contributed by atoms with Crippen molar-refractivity contribution in [3.05, 3.63) is 29.3 Å². The first-order chi connectivity index (χ1) is 8.40. The predicted molar refractivity (Wildman–Crippen MR) is 72.0 cm³/mol. The second-order valence-corrected chi connectivity index (χ2v) is 5.16. The molecule has 1 aromatic rings. The smallest absolute Gasteiger partial charge is 0.303 e. The molecule has 0 aliphatic heterocycles. The van der Waals surface area contributed by atoms with Crippen molar-refractivity contribution >= 4 is 5.97 Å². The lowest BCUT2D eigenvalue weighted by Gasteiger charge is -2.19. The lowest BCUT2D eigenvalue weighted by molar-refractivity contribution is -0.138. The fraction of sp³-hybridized carbons (Fsp3) is 0.533. The predicted octanol–water partition coefficient (Wildman–Crippen LogP) is 3.43. The van der Waals surface area contributed by atoms with Gasteiger partial charge in [-0.1, -0.05) is 19.9 Å². The lowest BCUT2D eigenvalue weighted by Crippen LogP contribution is -2.21. The molecule has 100 valence electrons. The van der Waals surface area contributed by atoms with E-state index >= 15 is 0 Å². The summed E-state index contributed by atoms with van der Waals surface area (Å²) in [5, 5.41) is 8.85. The van der Waals surface area contributed by atoms with Gasteiger partial charge in [0.1, 0.15) is 5.75 Å². The van der Waals surface area contributed by atoms with E-state index in [1.807, 2.05) is 39.0 Å². The number of aryl methyl sites for hydroxylation is 2. The van der Waals surface area contributed by atoms with E-state index in [-0.39, 0.29) is 12.3 Å². The minimum atomic E-state index is -0.766. The van der Waals surface area contributed by atoms with Gasteiger partial charge in [0.25, 0.3) is 0 Å². The number of aliphatic carboxylic acids is 1. The van der Waals surface area contributed by atoms with Gasteiger partial charge < -0.3 is 9.84 Å². The summed E-state index contributed by atoms with van der Waals surface area (Å²) in [6.45, 7) is 8.60. The molecule has 3 nitrogen and oxygen atoms in total. The molecule has 0 aromatic heterocycles. The SMILES string of the molecule is Cc1ccc(OCC(CC(=O)O)C(C)C)cc1C. The standard InChI is InChI=1S/C15H22O3/c1-10(2)13(8-15(16)17)9-18-14-6-5-11(3)12(4)7-14/h5-7,10,13H,8-9H2,1-4H3,(H,16,17). The molecular formula is C15H22O3. The van der Waals surface area contributed by atoms with E-state index in [1.165, 1.54) is 11.1 Å². The van der Waals surface area contributed by atoms with E-state index in [1.54, 1.807) is 0 Å². The van der Waals surface area contributed by atoms with Crippen LogP contribution in [-0.2, 0) is 4.79 Å². The average molecular weight is 250 g/mol. The van der Waals surface area contributed by atoms with Gasteiger partial charge in [-0.2, -0.15) is 0 Å². The number of hydrogen-bond acceptors (Lipinski definition) is 2. The first-order valence-electron chi connectivity index (χ1n) is 6.32. The molecule has 18 heavy (non-hydrogen) atoms. The second-order valence-electron chi connectivity index (χ2n) is 5.16. The van der Waals surface area contributed by atoms with Gasteiger partial charge in [-0.05, 0) is 43.0 Å². The fourth-order valence-electron chi connectivity index (χ4n) is 1.72.